The molecule has 0 atom stereocenters. The van der Waals surface area contributed by atoms with Gasteiger partial charge < -0.3 is 14.0 Å². The number of hydrogen-bond donors (Lipinski definition) is 0. The van der Waals surface area contributed by atoms with Crippen LogP contribution in [0.15, 0.2) is 30.3 Å². The first-order valence-corrected chi connectivity index (χ1v) is 7.91. The van der Waals surface area contributed by atoms with Crippen molar-refractivity contribution in [3.05, 3.63) is 53.4 Å². The maximum atomic E-state index is 14.0. The van der Waals surface area contributed by atoms with E-state index >= 15 is 0 Å². The average Bonchev–Trinajstić information content (AvgIpc) is 2.87. The van der Waals surface area contributed by atoms with Crippen LogP contribution in [0, 0.1) is 18.6 Å². The third-order valence-electron chi connectivity index (χ3n) is 3.57. The van der Waals surface area contributed by atoms with Crippen molar-refractivity contribution in [2.75, 3.05) is 19.8 Å². The highest BCUT2D eigenvalue weighted by molar-refractivity contribution is 5.39. The number of nitrogens with zero attached hydrogens (tertiary/aromatic N) is 1. The first-order chi connectivity index (χ1) is 11.1. The number of halogens is 2. The molecule has 3 nitrogen and oxygen atoms in total. The van der Waals surface area contributed by atoms with Crippen molar-refractivity contribution >= 4 is 0 Å². The van der Waals surface area contributed by atoms with Gasteiger partial charge in [-0.25, -0.2) is 8.78 Å². The topological polar surface area (TPSA) is 23.4 Å². The van der Waals surface area contributed by atoms with Crippen molar-refractivity contribution in [2.45, 2.75) is 33.3 Å². The van der Waals surface area contributed by atoms with E-state index in [2.05, 4.69) is 6.92 Å². The Morgan fingerprint density at radius 1 is 1.00 bits per heavy atom. The third kappa shape index (κ3) is 4.88. The molecule has 1 aromatic heterocycles. The first-order valence-electron chi connectivity index (χ1n) is 7.91. The van der Waals surface area contributed by atoms with Gasteiger partial charge >= 0.3 is 0 Å². The van der Waals surface area contributed by atoms with E-state index in [1.165, 1.54) is 12.1 Å². The molecule has 2 aromatic rings. The average molecular weight is 323 g/mol. The number of aryl methyl sites for hydroxylation is 1. The summed E-state index contributed by atoms with van der Waals surface area (Å²) in [7, 11) is 0. The number of aromatic nitrogens is 1. The lowest BCUT2D eigenvalue weighted by molar-refractivity contribution is 0.0381. The van der Waals surface area contributed by atoms with E-state index in [0.717, 1.165) is 36.9 Å². The van der Waals surface area contributed by atoms with Gasteiger partial charge in [0.25, 0.3) is 0 Å². The third-order valence-corrected chi connectivity index (χ3v) is 3.57. The van der Waals surface area contributed by atoms with Gasteiger partial charge in [-0.1, -0.05) is 13.3 Å². The van der Waals surface area contributed by atoms with Crippen LogP contribution in [-0.2, 0) is 16.1 Å². The van der Waals surface area contributed by atoms with Crippen LogP contribution in [0.4, 0.5) is 8.78 Å². The van der Waals surface area contributed by atoms with Crippen molar-refractivity contribution in [3.63, 3.8) is 0 Å². The second kappa shape index (κ2) is 8.79. The largest absolute Gasteiger partial charge is 0.379 e. The lowest BCUT2D eigenvalue weighted by Crippen LogP contribution is -2.09. The molecule has 0 fully saturated rings. The van der Waals surface area contributed by atoms with E-state index in [1.807, 2.05) is 19.1 Å². The molecule has 0 spiro atoms. The standard InChI is InChI=1S/C18H23F2NO2/c1-3-4-9-22-10-11-23-13-16-7-5-14(2)21(16)18-8-6-15(19)12-17(18)20/h5-8,12H,3-4,9-11,13H2,1-2H3. The van der Waals surface area contributed by atoms with Crippen LogP contribution in [0.1, 0.15) is 31.2 Å². The molecular formula is C18H23F2NO2. The molecular weight excluding hydrogens is 300 g/mol. The molecule has 0 aliphatic carbocycles. The highest BCUT2D eigenvalue weighted by atomic mass is 19.1. The zero-order chi connectivity index (χ0) is 16.7. The van der Waals surface area contributed by atoms with Crippen LogP contribution >= 0.6 is 0 Å². The second-order valence-corrected chi connectivity index (χ2v) is 5.42. The normalized spacial score (nSPS) is 11.1. The molecule has 0 aliphatic rings. The zero-order valence-electron chi connectivity index (χ0n) is 13.6. The summed E-state index contributed by atoms with van der Waals surface area (Å²) in [5.41, 5.74) is 2.02. The molecule has 0 bridgehead atoms. The van der Waals surface area contributed by atoms with Gasteiger partial charge in [-0.3, -0.25) is 0 Å². The quantitative estimate of drug-likeness (QED) is 0.639. The van der Waals surface area contributed by atoms with Gasteiger partial charge in [0.2, 0.25) is 0 Å². The number of unbranched alkanes of at least 4 members (excludes halogenated alkanes) is 1. The Hall–Kier alpha value is -1.72. The Kier molecular flexibility index (Phi) is 6.74. The molecule has 2 rings (SSSR count). The molecule has 23 heavy (non-hydrogen) atoms. The zero-order valence-corrected chi connectivity index (χ0v) is 13.6. The fourth-order valence-electron chi connectivity index (χ4n) is 2.36. The Labute approximate surface area is 135 Å². The van der Waals surface area contributed by atoms with Gasteiger partial charge in [-0.2, -0.15) is 0 Å². The fraction of sp³-hybridized carbons (Fsp3) is 0.444. The van der Waals surface area contributed by atoms with Gasteiger partial charge in [0.1, 0.15) is 11.6 Å². The van der Waals surface area contributed by atoms with Crippen molar-refractivity contribution in [1.82, 2.24) is 4.57 Å². The Morgan fingerprint density at radius 2 is 1.78 bits per heavy atom. The Morgan fingerprint density at radius 3 is 2.52 bits per heavy atom. The summed E-state index contributed by atoms with van der Waals surface area (Å²) in [5, 5.41) is 0. The van der Waals surface area contributed by atoms with Gasteiger partial charge in [0.05, 0.1) is 25.5 Å². The maximum Gasteiger partial charge on any atom is 0.150 e. The number of ether oxygens (including phenoxy) is 2. The minimum Gasteiger partial charge on any atom is -0.379 e. The molecule has 0 saturated carbocycles. The van der Waals surface area contributed by atoms with Gasteiger partial charge in [0, 0.05) is 24.1 Å². The van der Waals surface area contributed by atoms with Gasteiger partial charge in [-0.15, -0.1) is 0 Å². The molecule has 0 N–H and O–H groups in total. The highest BCUT2D eigenvalue weighted by Gasteiger charge is 2.12. The molecule has 0 unspecified atom stereocenters. The predicted octanol–water partition coefficient (Wildman–Crippen LogP) is 4.40. The molecule has 0 aliphatic heterocycles. The summed E-state index contributed by atoms with van der Waals surface area (Å²) < 4.78 is 39.9. The monoisotopic (exact) mass is 323 g/mol. The van der Waals surface area contributed by atoms with Crippen LogP contribution in [0.25, 0.3) is 5.69 Å². The highest BCUT2D eigenvalue weighted by Crippen LogP contribution is 2.21. The molecule has 0 amide bonds. The Bertz CT molecular complexity index is 625. The van der Waals surface area contributed by atoms with Crippen LogP contribution in [0.2, 0.25) is 0 Å². The summed E-state index contributed by atoms with van der Waals surface area (Å²) >= 11 is 0. The molecule has 0 radical (unpaired) electrons. The van der Waals surface area contributed by atoms with Gasteiger partial charge in [0.15, 0.2) is 0 Å². The fourth-order valence-corrected chi connectivity index (χ4v) is 2.36. The number of hydrogen-bond acceptors (Lipinski definition) is 2. The molecule has 1 heterocycles. The molecule has 1 aromatic carbocycles. The predicted molar refractivity (Wildman–Crippen MR) is 85.8 cm³/mol. The summed E-state index contributed by atoms with van der Waals surface area (Å²) in [6.07, 6.45) is 2.16. The number of rotatable bonds is 9. The van der Waals surface area contributed by atoms with Gasteiger partial charge in [-0.05, 0) is 37.6 Å². The van der Waals surface area contributed by atoms with E-state index in [-0.39, 0.29) is 0 Å². The summed E-state index contributed by atoms with van der Waals surface area (Å²) in [4.78, 5) is 0. The lowest BCUT2D eigenvalue weighted by Gasteiger charge is -2.13. The maximum absolute atomic E-state index is 14.0. The lowest BCUT2D eigenvalue weighted by atomic mass is 10.2. The minimum absolute atomic E-state index is 0.326. The number of benzene rings is 1. The molecule has 5 heteroatoms. The van der Waals surface area contributed by atoms with Crippen molar-refractivity contribution < 1.29 is 18.3 Å². The van der Waals surface area contributed by atoms with Crippen LogP contribution in [0.3, 0.4) is 0 Å². The Balaban J connectivity index is 1.96. The minimum atomic E-state index is -0.589. The van der Waals surface area contributed by atoms with E-state index in [1.54, 1.807) is 4.57 Å². The smallest absolute Gasteiger partial charge is 0.150 e. The molecule has 126 valence electrons. The SMILES string of the molecule is CCCCOCCOCc1ccc(C)n1-c1ccc(F)cc1F. The van der Waals surface area contributed by atoms with E-state index < -0.39 is 11.6 Å². The van der Waals surface area contributed by atoms with Crippen molar-refractivity contribution in [2.24, 2.45) is 0 Å². The van der Waals surface area contributed by atoms with E-state index in [4.69, 9.17) is 9.47 Å². The van der Waals surface area contributed by atoms with E-state index in [9.17, 15) is 8.78 Å². The van der Waals surface area contributed by atoms with Crippen LogP contribution in [-0.4, -0.2) is 24.4 Å². The van der Waals surface area contributed by atoms with Crippen molar-refractivity contribution in [1.29, 1.82) is 0 Å². The first kappa shape index (κ1) is 17.6. The summed E-state index contributed by atoms with van der Waals surface area (Å²) in [6.45, 7) is 6.12. The van der Waals surface area contributed by atoms with E-state index in [0.29, 0.717) is 25.5 Å². The summed E-state index contributed by atoms with van der Waals surface area (Å²) in [5.74, 6) is -1.17. The van der Waals surface area contributed by atoms with Crippen LogP contribution in [0.5, 0.6) is 0 Å². The second-order valence-electron chi connectivity index (χ2n) is 5.42. The van der Waals surface area contributed by atoms with Crippen LogP contribution < -0.4 is 0 Å². The summed E-state index contributed by atoms with van der Waals surface area (Å²) in [6, 6.07) is 7.36. The molecule has 0 saturated heterocycles. The van der Waals surface area contributed by atoms with Crippen molar-refractivity contribution in [3.8, 4) is 5.69 Å².